The molecule has 32 heavy (non-hydrogen) atoms. The van der Waals surface area contributed by atoms with Crippen molar-refractivity contribution in [3.05, 3.63) is 42.3 Å². The summed E-state index contributed by atoms with van der Waals surface area (Å²) in [6.45, 7) is 1.16. The summed E-state index contributed by atoms with van der Waals surface area (Å²) >= 11 is 1.42. The van der Waals surface area contributed by atoms with Crippen molar-refractivity contribution in [1.82, 2.24) is 9.97 Å². The lowest BCUT2D eigenvalue weighted by Crippen LogP contribution is -2.38. The van der Waals surface area contributed by atoms with E-state index in [1.54, 1.807) is 19.2 Å². The van der Waals surface area contributed by atoms with Crippen molar-refractivity contribution < 1.29 is 18.4 Å². The van der Waals surface area contributed by atoms with Crippen LogP contribution in [0, 0.1) is 17.2 Å². The van der Waals surface area contributed by atoms with Crippen LogP contribution in [0.5, 0.6) is 5.75 Å². The Morgan fingerprint density at radius 3 is 2.88 bits per heavy atom. The highest BCUT2D eigenvalue weighted by Gasteiger charge is 2.29. The molecule has 1 aromatic carbocycles. The fraction of sp³-hybridized carbons (Fsp3) is 0.273. The van der Waals surface area contributed by atoms with Gasteiger partial charge in [-0.2, -0.15) is 10.2 Å². The van der Waals surface area contributed by atoms with E-state index in [0.29, 0.717) is 42.7 Å². The van der Waals surface area contributed by atoms with E-state index in [9.17, 15) is 10.1 Å². The number of nitriles is 1. The molecule has 3 aromatic heterocycles. The molecular formula is C22H19N5O4S. The van der Waals surface area contributed by atoms with Gasteiger partial charge in [0, 0.05) is 19.0 Å². The number of fused-ring (bicyclic) bond motifs is 1. The predicted molar refractivity (Wildman–Crippen MR) is 119 cm³/mol. The minimum absolute atomic E-state index is 0.0509. The van der Waals surface area contributed by atoms with Crippen molar-refractivity contribution in [1.29, 1.82) is 5.26 Å². The van der Waals surface area contributed by atoms with Crippen molar-refractivity contribution in [2.24, 2.45) is 5.92 Å². The Labute approximate surface area is 187 Å². The molecule has 1 saturated heterocycles. The summed E-state index contributed by atoms with van der Waals surface area (Å²) in [5.74, 6) is 1.71. The Bertz CT molecular complexity index is 1300. The van der Waals surface area contributed by atoms with Gasteiger partial charge in [0.2, 0.25) is 17.5 Å². The maximum absolute atomic E-state index is 12.8. The summed E-state index contributed by atoms with van der Waals surface area (Å²) < 4.78 is 17.3. The number of nitrogens with zero attached hydrogens (tertiary/aromatic N) is 4. The molecular weight excluding hydrogens is 430 g/mol. The minimum atomic E-state index is -0.147. The van der Waals surface area contributed by atoms with Gasteiger partial charge in [0.25, 0.3) is 5.89 Å². The summed E-state index contributed by atoms with van der Waals surface area (Å²) in [6.07, 6.45) is 2.79. The number of anilines is 2. The highest BCUT2D eigenvalue weighted by atomic mass is 32.1. The van der Waals surface area contributed by atoms with Crippen LogP contribution in [0.2, 0.25) is 0 Å². The van der Waals surface area contributed by atoms with Crippen molar-refractivity contribution >= 4 is 38.5 Å². The van der Waals surface area contributed by atoms with E-state index in [1.807, 2.05) is 23.1 Å². The maximum Gasteiger partial charge on any atom is 0.266 e. The Balaban J connectivity index is 1.24. The number of hydrogen-bond acceptors (Lipinski definition) is 9. The number of benzene rings is 1. The van der Waals surface area contributed by atoms with Gasteiger partial charge in [-0.05, 0) is 43.2 Å². The van der Waals surface area contributed by atoms with E-state index in [1.165, 1.54) is 17.6 Å². The number of hydrogen-bond donors (Lipinski definition) is 1. The molecule has 162 valence electrons. The molecule has 0 aliphatic carbocycles. The Kier molecular flexibility index (Phi) is 5.25. The van der Waals surface area contributed by atoms with Crippen LogP contribution in [-0.4, -0.2) is 36.1 Å². The molecule has 1 N–H and O–H groups in total. The van der Waals surface area contributed by atoms with Crippen LogP contribution in [0.15, 0.2) is 45.4 Å². The fourth-order valence-electron chi connectivity index (χ4n) is 3.74. The van der Waals surface area contributed by atoms with Crippen LogP contribution in [0.25, 0.3) is 21.9 Å². The van der Waals surface area contributed by atoms with Crippen molar-refractivity contribution in [3.63, 3.8) is 0 Å². The molecule has 0 bridgehead atoms. The van der Waals surface area contributed by atoms with Crippen molar-refractivity contribution in [2.45, 2.75) is 12.8 Å². The zero-order valence-corrected chi connectivity index (χ0v) is 18.0. The molecule has 0 radical (unpaired) electrons. The highest BCUT2D eigenvalue weighted by Crippen LogP contribution is 2.33. The predicted octanol–water partition coefficient (Wildman–Crippen LogP) is 4.28. The Hall–Kier alpha value is -3.84. The van der Waals surface area contributed by atoms with Gasteiger partial charge in [-0.25, -0.2) is 4.98 Å². The topological polar surface area (TPSA) is 117 Å². The van der Waals surface area contributed by atoms with E-state index < -0.39 is 0 Å². The highest BCUT2D eigenvalue weighted by molar-refractivity contribution is 7.22. The number of rotatable bonds is 5. The number of thiazole rings is 1. The molecule has 10 heteroatoms. The minimum Gasteiger partial charge on any atom is -0.497 e. The third-order valence-electron chi connectivity index (χ3n) is 5.43. The molecule has 9 nitrogen and oxygen atoms in total. The summed E-state index contributed by atoms with van der Waals surface area (Å²) in [7, 11) is 1.62. The second-order valence-corrected chi connectivity index (χ2v) is 8.40. The number of carbonyl (C=O) groups is 1. The van der Waals surface area contributed by atoms with E-state index in [0.717, 1.165) is 16.0 Å². The molecule has 0 atom stereocenters. The van der Waals surface area contributed by atoms with Gasteiger partial charge in [-0.15, -0.1) is 0 Å². The number of aromatic nitrogens is 2. The number of carbonyl (C=O) groups excluding carboxylic acids is 1. The van der Waals surface area contributed by atoms with Crippen LogP contribution in [0.4, 0.5) is 11.0 Å². The Morgan fingerprint density at radius 2 is 2.16 bits per heavy atom. The zero-order valence-electron chi connectivity index (χ0n) is 17.2. The molecule has 0 spiro atoms. The number of methoxy groups -OCH3 is 1. The van der Waals surface area contributed by atoms with E-state index in [2.05, 4.69) is 21.4 Å². The van der Waals surface area contributed by atoms with Gasteiger partial charge in [-0.3, -0.25) is 4.79 Å². The number of amides is 1. The average Bonchev–Trinajstić information content (AvgIpc) is 3.57. The lowest BCUT2D eigenvalue weighted by atomic mass is 9.96. The largest absolute Gasteiger partial charge is 0.497 e. The molecule has 4 aromatic rings. The third kappa shape index (κ3) is 3.78. The van der Waals surface area contributed by atoms with Gasteiger partial charge in [0.15, 0.2) is 10.9 Å². The van der Waals surface area contributed by atoms with Gasteiger partial charge in [0.05, 0.1) is 23.6 Å². The Morgan fingerprint density at radius 1 is 1.31 bits per heavy atom. The van der Waals surface area contributed by atoms with Crippen LogP contribution in [0.1, 0.15) is 18.5 Å². The van der Waals surface area contributed by atoms with E-state index >= 15 is 0 Å². The lowest BCUT2D eigenvalue weighted by Gasteiger charge is -2.30. The summed E-state index contributed by atoms with van der Waals surface area (Å²) in [5.41, 5.74) is 1.03. The molecule has 1 aliphatic rings. The van der Waals surface area contributed by atoms with E-state index in [4.69, 9.17) is 13.6 Å². The second-order valence-electron chi connectivity index (χ2n) is 7.37. The zero-order chi connectivity index (χ0) is 22.1. The standard InChI is InChI=1S/C22H19N5O4S/c1-29-14-4-5-15-18(11-14)32-22(25-15)26-19(28)13-6-8-27(9-7-13)21-16(12-23)24-20(31-21)17-3-2-10-30-17/h2-5,10-11,13H,6-9H2,1H3,(H,25,26,28). The third-order valence-corrected chi connectivity index (χ3v) is 6.36. The smallest absolute Gasteiger partial charge is 0.266 e. The first-order valence-corrected chi connectivity index (χ1v) is 10.9. The van der Waals surface area contributed by atoms with Gasteiger partial charge >= 0.3 is 0 Å². The van der Waals surface area contributed by atoms with Crippen LogP contribution >= 0.6 is 11.3 Å². The first kappa shape index (κ1) is 20.1. The summed E-state index contributed by atoms with van der Waals surface area (Å²) in [4.78, 5) is 23.5. The van der Waals surface area contributed by atoms with Crippen LogP contribution in [-0.2, 0) is 4.79 Å². The molecule has 5 rings (SSSR count). The SMILES string of the molecule is COc1ccc2nc(NC(=O)C3CCN(c4oc(-c5ccco5)nc4C#N)CC3)sc2c1. The maximum atomic E-state index is 12.8. The van der Waals surface area contributed by atoms with Crippen LogP contribution < -0.4 is 15.0 Å². The monoisotopic (exact) mass is 449 g/mol. The van der Waals surface area contributed by atoms with Gasteiger partial charge < -0.3 is 23.8 Å². The first-order chi connectivity index (χ1) is 15.6. The first-order valence-electron chi connectivity index (χ1n) is 10.1. The molecule has 1 fully saturated rings. The lowest BCUT2D eigenvalue weighted by molar-refractivity contribution is -0.120. The van der Waals surface area contributed by atoms with Crippen molar-refractivity contribution in [3.8, 4) is 23.5 Å². The van der Waals surface area contributed by atoms with E-state index in [-0.39, 0.29) is 23.4 Å². The van der Waals surface area contributed by atoms with Gasteiger partial charge in [-0.1, -0.05) is 11.3 Å². The molecule has 4 heterocycles. The summed E-state index contributed by atoms with van der Waals surface area (Å²) in [5, 5.41) is 13.0. The van der Waals surface area contributed by atoms with Crippen molar-refractivity contribution in [2.75, 3.05) is 30.4 Å². The fourth-order valence-corrected chi connectivity index (χ4v) is 4.64. The van der Waals surface area contributed by atoms with Gasteiger partial charge in [0.1, 0.15) is 11.8 Å². The number of furan rings is 1. The number of ether oxygens (including phenoxy) is 1. The molecule has 1 amide bonds. The molecule has 0 saturated carbocycles. The quantitative estimate of drug-likeness (QED) is 0.480. The normalized spacial score (nSPS) is 14.4. The van der Waals surface area contributed by atoms with Crippen LogP contribution in [0.3, 0.4) is 0 Å². The number of nitrogens with one attached hydrogen (secondary N) is 1. The molecule has 0 unspecified atom stereocenters. The number of oxazole rings is 1. The summed E-state index contributed by atoms with van der Waals surface area (Å²) in [6, 6.07) is 11.2. The second kappa shape index (κ2) is 8.36. The average molecular weight is 449 g/mol. The molecule has 1 aliphatic heterocycles. The number of piperidine rings is 1.